The summed E-state index contributed by atoms with van der Waals surface area (Å²) in [5, 5.41) is 12.7. The molecule has 2 unspecified atom stereocenters. The normalized spacial score (nSPS) is 17.1. The molecule has 0 spiro atoms. The van der Waals surface area contributed by atoms with E-state index in [0.29, 0.717) is 18.7 Å². The van der Waals surface area contributed by atoms with Crippen molar-refractivity contribution in [2.45, 2.75) is 38.0 Å². The Morgan fingerprint density at radius 3 is 2.68 bits per heavy atom. The number of rotatable bonds is 7. The average Bonchev–Trinajstić information content (AvgIpc) is 3.40. The van der Waals surface area contributed by atoms with Gasteiger partial charge < -0.3 is 20.1 Å². The van der Waals surface area contributed by atoms with Crippen molar-refractivity contribution in [2.24, 2.45) is 0 Å². The number of nitrogens with zero attached hydrogens (tertiary/aromatic N) is 2. The van der Waals surface area contributed by atoms with Crippen LogP contribution in [0.4, 0.5) is 4.79 Å². The summed E-state index contributed by atoms with van der Waals surface area (Å²) in [6.45, 7) is 0.583. The average molecular weight is 386 g/mol. The zero-order chi connectivity index (χ0) is 19.9. The minimum atomic E-state index is -1.40. The number of H-pyrrole nitrogens is 1. The Labute approximate surface area is 161 Å². The first-order valence-electron chi connectivity index (χ1n) is 9.03. The summed E-state index contributed by atoms with van der Waals surface area (Å²) in [7, 11) is 0. The quantitative estimate of drug-likeness (QED) is 0.655. The predicted molar refractivity (Wildman–Crippen MR) is 98.2 cm³/mol. The maximum absolute atomic E-state index is 12.9. The van der Waals surface area contributed by atoms with Crippen molar-refractivity contribution in [3.05, 3.63) is 54.1 Å². The van der Waals surface area contributed by atoms with Crippen LogP contribution in [0, 0.1) is 0 Å². The van der Waals surface area contributed by atoms with Gasteiger partial charge in [-0.3, -0.25) is 4.79 Å². The van der Waals surface area contributed by atoms with E-state index in [1.54, 1.807) is 24.3 Å². The number of carbonyl (C=O) groups excluding carboxylic acids is 2. The van der Waals surface area contributed by atoms with Crippen molar-refractivity contribution in [2.75, 3.05) is 6.54 Å². The molecule has 3 N–H and O–H groups in total. The van der Waals surface area contributed by atoms with E-state index in [9.17, 15) is 19.5 Å². The van der Waals surface area contributed by atoms with E-state index in [2.05, 4.69) is 15.3 Å². The molecule has 1 aromatic heterocycles. The number of aromatic amines is 1. The second-order valence-corrected chi connectivity index (χ2v) is 6.53. The fraction of sp³-hybridized carbons (Fsp3) is 0.368. The molecule has 0 radical (unpaired) electrons. The van der Waals surface area contributed by atoms with Crippen LogP contribution in [-0.4, -0.2) is 56.6 Å². The molecule has 28 heavy (non-hydrogen) atoms. The van der Waals surface area contributed by atoms with Crippen LogP contribution in [0.25, 0.3) is 0 Å². The largest absolute Gasteiger partial charge is 0.480 e. The second-order valence-electron chi connectivity index (χ2n) is 6.53. The molecule has 9 heteroatoms. The van der Waals surface area contributed by atoms with Gasteiger partial charge in [0.25, 0.3) is 0 Å². The van der Waals surface area contributed by atoms with Gasteiger partial charge >= 0.3 is 12.1 Å². The van der Waals surface area contributed by atoms with Crippen molar-refractivity contribution in [1.82, 2.24) is 20.2 Å². The van der Waals surface area contributed by atoms with Crippen LogP contribution in [0.3, 0.4) is 0 Å². The van der Waals surface area contributed by atoms with Crippen molar-refractivity contribution >= 4 is 18.0 Å². The second kappa shape index (κ2) is 9.14. The third-order valence-corrected chi connectivity index (χ3v) is 4.56. The van der Waals surface area contributed by atoms with Gasteiger partial charge in [0.1, 0.15) is 12.6 Å². The first-order valence-corrected chi connectivity index (χ1v) is 9.03. The molecule has 0 saturated carbocycles. The minimum absolute atomic E-state index is 0.0576. The Morgan fingerprint density at radius 1 is 1.29 bits per heavy atom. The number of carboxylic acid groups (broad SMARTS) is 1. The number of carboxylic acids is 1. The number of imide groups is 1. The van der Waals surface area contributed by atoms with E-state index in [1.807, 2.05) is 6.07 Å². The highest BCUT2D eigenvalue weighted by atomic mass is 16.6. The fourth-order valence-electron chi connectivity index (χ4n) is 3.12. The van der Waals surface area contributed by atoms with Gasteiger partial charge in [0.05, 0.1) is 12.4 Å². The number of amides is 2. The SMILES string of the molecule is O=C(O)C(Cc1cnc[nH]1)N(C(=O)OCc1ccccc1)C(=O)C1CCCN1. The number of ether oxygens (including phenoxy) is 1. The predicted octanol–water partition coefficient (Wildman–Crippen LogP) is 1.32. The van der Waals surface area contributed by atoms with Crippen LogP contribution < -0.4 is 5.32 Å². The Hall–Kier alpha value is -3.20. The van der Waals surface area contributed by atoms with Gasteiger partial charge in [-0.2, -0.15) is 0 Å². The number of hydrogen-bond acceptors (Lipinski definition) is 6. The molecule has 2 heterocycles. The lowest BCUT2D eigenvalue weighted by Crippen LogP contribution is -2.55. The molecule has 9 nitrogen and oxygen atoms in total. The van der Waals surface area contributed by atoms with Gasteiger partial charge in [-0.1, -0.05) is 30.3 Å². The van der Waals surface area contributed by atoms with Gasteiger partial charge in [-0.15, -0.1) is 0 Å². The molecule has 148 valence electrons. The van der Waals surface area contributed by atoms with Gasteiger partial charge in [-0.25, -0.2) is 19.5 Å². The molecule has 1 fully saturated rings. The fourth-order valence-corrected chi connectivity index (χ4v) is 3.12. The van der Waals surface area contributed by atoms with Crippen LogP contribution in [-0.2, 0) is 27.4 Å². The molecule has 1 aliphatic heterocycles. The number of aromatic nitrogens is 2. The van der Waals surface area contributed by atoms with E-state index in [1.165, 1.54) is 12.5 Å². The zero-order valence-electron chi connectivity index (χ0n) is 15.2. The Bertz CT molecular complexity index is 803. The highest BCUT2D eigenvalue weighted by Gasteiger charge is 2.40. The smallest absolute Gasteiger partial charge is 0.417 e. The molecule has 1 aromatic carbocycles. The van der Waals surface area contributed by atoms with E-state index < -0.39 is 30.1 Å². The summed E-state index contributed by atoms with van der Waals surface area (Å²) in [5.41, 5.74) is 1.24. The minimum Gasteiger partial charge on any atom is -0.480 e. The monoisotopic (exact) mass is 386 g/mol. The maximum atomic E-state index is 12.9. The van der Waals surface area contributed by atoms with E-state index in [-0.39, 0.29) is 13.0 Å². The summed E-state index contributed by atoms with van der Waals surface area (Å²) < 4.78 is 5.27. The highest BCUT2D eigenvalue weighted by Crippen LogP contribution is 2.16. The lowest BCUT2D eigenvalue weighted by Gasteiger charge is -2.28. The van der Waals surface area contributed by atoms with Crippen molar-refractivity contribution < 1.29 is 24.2 Å². The van der Waals surface area contributed by atoms with E-state index in [0.717, 1.165) is 16.9 Å². The van der Waals surface area contributed by atoms with Gasteiger partial charge in [-0.05, 0) is 24.9 Å². The Kier molecular flexibility index (Phi) is 6.38. The van der Waals surface area contributed by atoms with Crippen LogP contribution in [0.1, 0.15) is 24.1 Å². The summed E-state index contributed by atoms with van der Waals surface area (Å²) in [6.07, 6.45) is 3.12. The molecule has 1 aliphatic rings. The van der Waals surface area contributed by atoms with Crippen LogP contribution in [0.15, 0.2) is 42.9 Å². The van der Waals surface area contributed by atoms with Crippen molar-refractivity contribution in [1.29, 1.82) is 0 Å². The number of imidazole rings is 1. The lowest BCUT2D eigenvalue weighted by atomic mass is 10.1. The van der Waals surface area contributed by atoms with Crippen molar-refractivity contribution in [3.8, 4) is 0 Å². The molecule has 2 atom stereocenters. The number of aliphatic carboxylic acids is 1. The molecule has 0 bridgehead atoms. The molecule has 2 amide bonds. The van der Waals surface area contributed by atoms with Gasteiger partial charge in [0, 0.05) is 18.3 Å². The number of hydrogen-bond donors (Lipinski definition) is 3. The van der Waals surface area contributed by atoms with Crippen LogP contribution in [0.2, 0.25) is 0 Å². The molecule has 3 rings (SSSR count). The summed E-state index contributed by atoms with van der Waals surface area (Å²) in [6, 6.07) is 6.97. The molecule has 2 aromatic rings. The van der Waals surface area contributed by atoms with E-state index >= 15 is 0 Å². The number of carbonyl (C=O) groups is 3. The van der Waals surface area contributed by atoms with Gasteiger partial charge in [0.2, 0.25) is 5.91 Å². The zero-order valence-corrected chi connectivity index (χ0v) is 15.2. The number of nitrogens with one attached hydrogen (secondary N) is 2. The van der Waals surface area contributed by atoms with Gasteiger partial charge in [0.15, 0.2) is 0 Å². The third-order valence-electron chi connectivity index (χ3n) is 4.56. The molecular weight excluding hydrogens is 364 g/mol. The Balaban J connectivity index is 1.80. The highest BCUT2D eigenvalue weighted by molar-refractivity contribution is 5.99. The number of benzene rings is 1. The molecular formula is C19H22N4O5. The topological polar surface area (TPSA) is 125 Å². The summed E-state index contributed by atoms with van der Waals surface area (Å²) in [4.78, 5) is 45.0. The van der Waals surface area contributed by atoms with Crippen LogP contribution >= 0.6 is 0 Å². The maximum Gasteiger partial charge on any atom is 0.417 e. The molecule has 1 saturated heterocycles. The van der Waals surface area contributed by atoms with Crippen molar-refractivity contribution in [3.63, 3.8) is 0 Å². The third kappa shape index (κ3) is 4.74. The first-order chi connectivity index (χ1) is 13.6. The summed E-state index contributed by atoms with van der Waals surface area (Å²) in [5.74, 6) is -1.89. The van der Waals surface area contributed by atoms with Crippen LogP contribution in [0.5, 0.6) is 0 Å². The van der Waals surface area contributed by atoms with E-state index in [4.69, 9.17) is 4.74 Å². The first kappa shape index (κ1) is 19.6. The Morgan fingerprint density at radius 2 is 2.07 bits per heavy atom. The summed E-state index contributed by atoms with van der Waals surface area (Å²) >= 11 is 0. The lowest BCUT2D eigenvalue weighted by molar-refractivity contribution is -0.149. The standard InChI is InChI=1S/C19H22N4O5/c24-17(15-7-4-8-21-15)23(16(18(25)26)9-14-10-20-12-22-14)19(27)28-11-13-5-2-1-3-6-13/h1-3,5-6,10,12,15-16,21H,4,7-9,11H2,(H,20,22)(H,25,26). The molecule has 0 aliphatic carbocycles.